The summed E-state index contributed by atoms with van der Waals surface area (Å²) >= 11 is 0. The van der Waals surface area contributed by atoms with Crippen molar-refractivity contribution in [1.82, 2.24) is 0 Å². The molecule has 1 aliphatic carbocycles. The molecule has 0 bridgehead atoms. The van der Waals surface area contributed by atoms with Gasteiger partial charge in [0, 0.05) is 5.82 Å². The summed E-state index contributed by atoms with van der Waals surface area (Å²) in [5.74, 6) is 1.69. The molecule has 1 aromatic rings. The Balaban J connectivity index is 1.77. The molecular formula is C19H27BO3. The first-order valence-electron chi connectivity index (χ1n) is 8.49. The molecule has 1 heterocycles. The SMILES string of the molecule is COc1ccccc1C1CC=CC(B2OC(C)(C)C(C)(C)O2)C1. The van der Waals surface area contributed by atoms with Gasteiger partial charge >= 0.3 is 7.12 Å². The second-order valence-corrected chi connectivity index (χ2v) is 7.63. The summed E-state index contributed by atoms with van der Waals surface area (Å²) in [4.78, 5) is 0. The number of rotatable bonds is 3. The summed E-state index contributed by atoms with van der Waals surface area (Å²) in [5.41, 5.74) is 0.729. The van der Waals surface area contributed by atoms with Gasteiger partial charge in [0.1, 0.15) is 5.75 Å². The maximum atomic E-state index is 6.24. The van der Waals surface area contributed by atoms with E-state index in [4.69, 9.17) is 14.0 Å². The average Bonchev–Trinajstić information content (AvgIpc) is 2.75. The normalized spacial score (nSPS) is 28.8. The molecular weight excluding hydrogens is 287 g/mol. The van der Waals surface area contributed by atoms with Crippen LogP contribution in [0, 0.1) is 0 Å². The van der Waals surface area contributed by atoms with Crippen molar-refractivity contribution in [2.24, 2.45) is 0 Å². The lowest BCUT2D eigenvalue weighted by Crippen LogP contribution is -2.41. The van der Waals surface area contributed by atoms with E-state index in [1.54, 1.807) is 7.11 Å². The number of ether oxygens (including phenoxy) is 1. The average molecular weight is 314 g/mol. The lowest BCUT2D eigenvalue weighted by molar-refractivity contribution is 0.00578. The number of hydrogen-bond donors (Lipinski definition) is 0. The van der Waals surface area contributed by atoms with E-state index in [9.17, 15) is 0 Å². The molecule has 2 unspecified atom stereocenters. The Hall–Kier alpha value is -1.26. The minimum absolute atomic E-state index is 0.172. The van der Waals surface area contributed by atoms with Gasteiger partial charge in [0.2, 0.25) is 0 Å². The van der Waals surface area contributed by atoms with Gasteiger partial charge in [-0.1, -0.05) is 30.4 Å². The van der Waals surface area contributed by atoms with Crippen LogP contribution in [-0.4, -0.2) is 25.4 Å². The largest absolute Gasteiger partial charge is 0.496 e. The summed E-state index contributed by atoms with van der Waals surface area (Å²) in [6, 6.07) is 8.31. The number of para-hydroxylation sites is 1. The molecule has 1 aromatic carbocycles. The zero-order valence-corrected chi connectivity index (χ0v) is 14.8. The van der Waals surface area contributed by atoms with Gasteiger partial charge in [0.15, 0.2) is 0 Å². The topological polar surface area (TPSA) is 27.7 Å². The maximum Gasteiger partial charge on any atom is 0.465 e. The zero-order chi connectivity index (χ0) is 16.7. The van der Waals surface area contributed by atoms with Crippen LogP contribution in [0.15, 0.2) is 36.4 Å². The third kappa shape index (κ3) is 3.07. The van der Waals surface area contributed by atoms with Crippen LogP contribution < -0.4 is 4.74 Å². The molecule has 2 atom stereocenters. The predicted molar refractivity (Wildman–Crippen MR) is 93.9 cm³/mol. The van der Waals surface area contributed by atoms with Crippen molar-refractivity contribution < 1.29 is 14.0 Å². The monoisotopic (exact) mass is 314 g/mol. The molecule has 124 valence electrons. The minimum Gasteiger partial charge on any atom is -0.496 e. The number of hydrogen-bond acceptors (Lipinski definition) is 3. The Morgan fingerprint density at radius 3 is 2.39 bits per heavy atom. The van der Waals surface area contributed by atoms with Crippen LogP contribution in [0.25, 0.3) is 0 Å². The first kappa shape index (κ1) is 16.6. The van der Waals surface area contributed by atoms with Crippen molar-refractivity contribution in [1.29, 1.82) is 0 Å². The Bertz CT molecular complexity index is 578. The Morgan fingerprint density at radius 1 is 1.09 bits per heavy atom. The van der Waals surface area contributed by atoms with Crippen LogP contribution >= 0.6 is 0 Å². The van der Waals surface area contributed by atoms with Crippen LogP contribution in [-0.2, 0) is 9.31 Å². The van der Waals surface area contributed by atoms with Gasteiger partial charge in [-0.25, -0.2) is 0 Å². The third-order valence-electron chi connectivity index (χ3n) is 5.56. The van der Waals surface area contributed by atoms with Gasteiger partial charge in [-0.05, 0) is 58.1 Å². The lowest BCUT2D eigenvalue weighted by atomic mass is 9.64. The predicted octanol–water partition coefficient (Wildman–Crippen LogP) is 4.59. The second-order valence-electron chi connectivity index (χ2n) is 7.63. The smallest absolute Gasteiger partial charge is 0.465 e. The third-order valence-corrected chi connectivity index (χ3v) is 5.56. The van der Waals surface area contributed by atoms with E-state index in [1.165, 1.54) is 5.56 Å². The zero-order valence-electron chi connectivity index (χ0n) is 14.8. The van der Waals surface area contributed by atoms with Crippen LogP contribution in [0.4, 0.5) is 0 Å². The lowest BCUT2D eigenvalue weighted by Gasteiger charge is -2.32. The number of allylic oxidation sites excluding steroid dienone is 2. The van der Waals surface area contributed by atoms with E-state index >= 15 is 0 Å². The standard InChI is InChI=1S/C19H27BO3/c1-18(2)19(3,4)23-20(22-18)15-10-8-9-14(13-15)16-11-6-7-12-17(16)21-5/h6-8,10-12,14-15H,9,13H2,1-5H3. The van der Waals surface area contributed by atoms with E-state index in [0.717, 1.165) is 18.6 Å². The molecule has 1 aliphatic heterocycles. The fourth-order valence-corrected chi connectivity index (χ4v) is 3.44. The molecule has 0 spiro atoms. The fraction of sp³-hybridized carbons (Fsp3) is 0.579. The van der Waals surface area contributed by atoms with Crippen molar-refractivity contribution in [3.8, 4) is 5.75 Å². The van der Waals surface area contributed by atoms with Gasteiger partial charge in [-0.3, -0.25) is 0 Å². The van der Waals surface area contributed by atoms with E-state index in [1.807, 2.05) is 12.1 Å². The van der Waals surface area contributed by atoms with Crippen molar-refractivity contribution >= 4 is 7.12 Å². The molecule has 23 heavy (non-hydrogen) atoms. The van der Waals surface area contributed by atoms with E-state index in [-0.39, 0.29) is 24.1 Å². The van der Waals surface area contributed by atoms with Crippen molar-refractivity contribution in [2.75, 3.05) is 7.11 Å². The molecule has 2 aliphatic rings. The molecule has 4 heteroatoms. The summed E-state index contributed by atoms with van der Waals surface area (Å²) < 4.78 is 18.0. The molecule has 3 nitrogen and oxygen atoms in total. The molecule has 0 aromatic heterocycles. The Labute approximate surface area is 140 Å². The molecule has 3 rings (SSSR count). The van der Waals surface area contributed by atoms with Gasteiger partial charge in [-0.15, -0.1) is 0 Å². The van der Waals surface area contributed by atoms with Crippen LogP contribution in [0.3, 0.4) is 0 Å². The molecule has 0 N–H and O–H groups in total. The molecule has 0 saturated carbocycles. The minimum atomic E-state index is -0.275. The summed E-state index contributed by atoms with van der Waals surface area (Å²) in [7, 11) is 1.57. The quantitative estimate of drug-likeness (QED) is 0.603. The highest BCUT2D eigenvalue weighted by Gasteiger charge is 2.53. The Kier molecular flexibility index (Phi) is 4.32. The van der Waals surface area contributed by atoms with Gasteiger partial charge in [0.05, 0.1) is 18.3 Å². The summed E-state index contributed by atoms with van der Waals surface area (Å²) in [6.07, 6.45) is 6.58. The molecule has 0 amide bonds. The van der Waals surface area contributed by atoms with Gasteiger partial charge in [-0.2, -0.15) is 0 Å². The first-order chi connectivity index (χ1) is 10.8. The highest BCUT2D eigenvalue weighted by molar-refractivity contribution is 6.48. The van der Waals surface area contributed by atoms with E-state index < -0.39 is 0 Å². The number of methoxy groups -OCH3 is 1. The summed E-state index contributed by atoms with van der Waals surface area (Å²) in [6.45, 7) is 8.43. The molecule has 1 saturated heterocycles. The van der Waals surface area contributed by atoms with Crippen LogP contribution in [0.2, 0.25) is 5.82 Å². The van der Waals surface area contributed by atoms with Crippen molar-refractivity contribution in [2.45, 2.75) is 63.5 Å². The van der Waals surface area contributed by atoms with E-state index in [2.05, 4.69) is 52.0 Å². The highest BCUT2D eigenvalue weighted by Crippen LogP contribution is 2.46. The van der Waals surface area contributed by atoms with Crippen molar-refractivity contribution in [3.63, 3.8) is 0 Å². The summed E-state index contributed by atoms with van der Waals surface area (Å²) in [5, 5.41) is 0. The fourth-order valence-electron chi connectivity index (χ4n) is 3.44. The van der Waals surface area contributed by atoms with Crippen molar-refractivity contribution in [3.05, 3.63) is 42.0 Å². The first-order valence-corrected chi connectivity index (χ1v) is 8.49. The van der Waals surface area contributed by atoms with E-state index in [0.29, 0.717) is 5.92 Å². The molecule has 1 fully saturated rings. The second kappa shape index (κ2) is 5.99. The maximum absolute atomic E-state index is 6.24. The van der Waals surface area contributed by atoms with Crippen LogP contribution in [0.5, 0.6) is 5.75 Å². The number of benzene rings is 1. The highest BCUT2D eigenvalue weighted by atomic mass is 16.7. The van der Waals surface area contributed by atoms with Gasteiger partial charge in [0.25, 0.3) is 0 Å². The Morgan fingerprint density at radius 2 is 1.74 bits per heavy atom. The van der Waals surface area contributed by atoms with Gasteiger partial charge < -0.3 is 14.0 Å². The molecule has 0 radical (unpaired) electrons. The van der Waals surface area contributed by atoms with Crippen LogP contribution in [0.1, 0.15) is 52.0 Å².